The molecule has 0 aromatic heterocycles. The van der Waals surface area contributed by atoms with Crippen LogP contribution in [0.3, 0.4) is 0 Å². The molecule has 2 saturated heterocycles. The van der Waals surface area contributed by atoms with E-state index in [1.807, 2.05) is 4.90 Å². The number of carbonyl (C=O) groups is 1. The fraction of sp³-hybridized carbons (Fsp3) is 0.938. The number of hydrogen-bond acceptors (Lipinski definition) is 3. The minimum Gasteiger partial charge on any atom is -0.347 e. The lowest BCUT2D eigenvalue weighted by molar-refractivity contribution is -0.187. The molecule has 0 aromatic rings. The van der Waals surface area contributed by atoms with Gasteiger partial charge in [0, 0.05) is 32.4 Å². The van der Waals surface area contributed by atoms with Crippen molar-refractivity contribution in [3.05, 3.63) is 0 Å². The first-order chi connectivity index (χ1) is 9.77. The van der Waals surface area contributed by atoms with Crippen LogP contribution in [0.2, 0.25) is 0 Å². The second-order valence-electron chi connectivity index (χ2n) is 6.55. The Hall–Kier alpha value is -0.610. The van der Waals surface area contributed by atoms with Crippen LogP contribution >= 0.6 is 0 Å². The molecule has 0 unspecified atom stereocenters. The fourth-order valence-electron chi connectivity index (χ4n) is 3.83. The van der Waals surface area contributed by atoms with Crippen LogP contribution in [0.25, 0.3) is 0 Å². The van der Waals surface area contributed by atoms with Crippen LogP contribution in [0.1, 0.15) is 57.8 Å². The van der Waals surface area contributed by atoms with Crippen molar-refractivity contribution in [2.75, 3.05) is 26.3 Å². The van der Waals surface area contributed by atoms with Crippen molar-refractivity contribution in [3.63, 3.8) is 0 Å². The number of rotatable bonds is 2. The highest BCUT2D eigenvalue weighted by Crippen LogP contribution is 2.32. The molecule has 0 N–H and O–H groups in total. The normalized spacial score (nSPS) is 27.7. The Bertz CT molecular complexity index is 321. The second kappa shape index (κ2) is 6.44. The zero-order chi connectivity index (χ0) is 13.8. The molecule has 1 aliphatic carbocycles. The van der Waals surface area contributed by atoms with Crippen molar-refractivity contribution >= 4 is 5.91 Å². The van der Waals surface area contributed by atoms with E-state index in [0.29, 0.717) is 25.0 Å². The summed E-state index contributed by atoms with van der Waals surface area (Å²) in [7, 11) is 0. The van der Waals surface area contributed by atoms with Crippen LogP contribution < -0.4 is 0 Å². The van der Waals surface area contributed by atoms with Gasteiger partial charge in [0.25, 0.3) is 0 Å². The fourth-order valence-corrected chi connectivity index (χ4v) is 3.83. The molecule has 1 spiro atoms. The van der Waals surface area contributed by atoms with Crippen molar-refractivity contribution in [2.45, 2.75) is 63.6 Å². The first-order valence-corrected chi connectivity index (χ1v) is 8.33. The number of ether oxygens (including phenoxy) is 2. The van der Waals surface area contributed by atoms with Gasteiger partial charge >= 0.3 is 0 Å². The highest BCUT2D eigenvalue weighted by molar-refractivity contribution is 5.76. The van der Waals surface area contributed by atoms with Crippen LogP contribution in [0.5, 0.6) is 0 Å². The van der Waals surface area contributed by atoms with E-state index in [4.69, 9.17) is 9.47 Å². The summed E-state index contributed by atoms with van der Waals surface area (Å²) in [5, 5.41) is 0. The molecule has 1 amide bonds. The van der Waals surface area contributed by atoms with Gasteiger partial charge in [-0.25, -0.2) is 0 Å². The van der Waals surface area contributed by atoms with Crippen molar-refractivity contribution in [2.24, 2.45) is 5.92 Å². The van der Waals surface area contributed by atoms with Gasteiger partial charge in [-0.1, -0.05) is 25.7 Å². The third-order valence-electron chi connectivity index (χ3n) is 5.13. The van der Waals surface area contributed by atoms with Gasteiger partial charge in [0.2, 0.25) is 5.91 Å². The van der Waals surface area contributed by atoms with Gasteiger partial charge in [-0.05, 0) is 18.8 Å². The lowest BCUT2D eigenvalue weighted by Crippen LogP contribution is -2.47. The zero-order valence-corrected chi connectivity index (χ0v) is 12.4. The highest BCUT2D eigenvalue weighted by atomic mass is 16.7. The molecule has 1 saturated carbocycles. The van der Waals surface area contributed by atoms with Crippen LogP contribution in [0.15, 0.2) is 0 Å². The largest absolute Gasteiger partial charge is 0.347 e. The number of piperidine rings is 1. The summed E-state index contributed by atoms with van der Waals surface area (Å²) in [6.45, 7) is 3.00. The van der Waals surface area contributed by atoms with Crippen LogP contribution in [-0.4, -0.2) is 42.9 Å². The minimum absolute atomic E-state index is 0.352. The standard InChI is InChI=1S/C16H27NO3/c18-15(13-14-5-3-1-2-4-6-14)17-9-7-16(8-10-17)19-11-12-20-16/h14H,1-13H2. The van der Waals surface area contributed by atoms with Crippen LogP contribution in [0.4, 0.5) is 0 Å². The lowest BCUT2D eigenvalue weighted by atomic mass is 9.95. The summed E-state index contributed by atoms with van der Waals surface area (Å²) in [6.07, 6.45) is 10.2. The van der Waals surface area contributed by atoms with E-state index in [1.165, 1.54) is 38.5 Å². The van der Waals surface area contributed by atoms with Gasteiger partial charge in [-0.2, -0.15) is 0 Å². The van der Waals surface area contributed by atoms with Crippen molar-refractivity contribution in [1.29, 1.82) is 0 Å². The van der Waals surface area contributed by atoms with Crippen LogP contribution in [-0.2, 0) is 14.3 Å². The van der Waals surface area contributed by atoms with E-state index in [0.717, 1.165) is 32.4 Å². The molecule has 4 nitrogen and oxygen atoms in total. The molecular weight excluding hydrogens is 254 g/mol. The van der Waals surface area contributed by atoms with Gasteiger partial charge in [-0.3, -0.25) is 4.79 Å². The molecule has 2 aliphatic heterocycles. The Labute approximate surface area is 121 Å². The number of hydrogen-bond donors (Lipinski definition) is 0. The van der Waals surface area contributed by atoms with Crippen LogP contribution in [0, 0.1) is 5.92 Å². The van der Waals surface area contributed by atoms with E-state index in [1.54, 1.807) is 0 Å². The lowest BCUT2D eigenvalue weighted by Gasteiger charge is -2.38. The molecule has 0 aromatic carbocycles. The predicted octanol–water partition coefficient (Wildman–Crippen LogP) is 2.71. The van der Waals surface area contributed by atoms with Gasteiger partial charge in [0.05, 0.1) is 13.2 Å². The third kappa shape index (κ3) is 3.34. The molecule has 0 radical (unpaired) electrons. The van der Waals surface area contributed by atoms with E-state index >= 15 is 0 Å². The van der Waals surface area contributed by atoms with Crippen molar-refractivity contribution in [3.8, 4) is 0 Å². The Morgan fingerprint density at radius 3 is 2.20 bits per heavy atom. The maximum atomic E-state index is 12.4. The van der Waals surface area contributed by atoms with Gasteiger partial charge in [0.15, 0.2) is 5.79 Å². The second-order valence-corrected chi connectivity index (χ2v) is 6.55. The summed E-state index contributed by atoms with van der Waals surface area (Å²) in [5.74, 6) is 0.614. The SMILES string of the molecule is O=C(CC1CCCCCC1)N1CCC2(CC1)OCCO2. The molecule has 3 aliphatic rings. The van der Waals surface area contributed by atoms with Gasteiger partial charge in [0.1, 0.15) is 0 Å². The number of carbonyl (C=O) groups excluding carboxylic acids is 1. The van der Waals surface area contributed by atoms with Gasteiger partial charge < -0.3 is 14.4 Å². The smallest absolute Gasteiger partial charge is 0.222 e. The Morgan fingerprint density at radius 2 is 1.60 bits per heavy atom. The zero-order valence-electron chi connectivity index (χ0n) is 12.4. The quantitative estimate of drug-likeness (QED) is 0.731. The summed E-state index contributed by atoms with van der Waals surface area (Å²) in [4.78, 5) is 14.5. The molecule has 0 bridgehead atoms. The third-order valence-corrected chi connectivity index (χ3v) is 5.13. The summed E-state index contributed by atoms with van der Waals surface area (Å²) in [5.41, 5.74) is 0. The molecule has 4 heteroatoms. The molecule has 114 valence electrons. The van der Waals surface area contributed by atoms with E-state index in [-0.39, 0.29) is 5.79 Å². The first-order valence-electron chi connectivity index (χ1n) is 8.33. The molecule has 3 rings (SSSR count). The van der Waals surface area contributed by atoms with Gasteiger partial charge in [-0.15, -0.1) is 0 Å². The monoisotopic (exact) mass is 281 g/mol. The summed E-state index contributed by atoms with van der Waals surface area (Å²) >= 11 is 0. The van der Waals surface area contributed by atoms with E-state index in [2.05, 4.69) is 0 Å². The van der Waals surface area contributed by atoms with E-state index < -0.39 is 0 Å². The van der Waals surface area contributed by atoms with Crippen molar-refractivity contribution < 1.29 is 14.3 Å². The topological polar surface area (TPSA) is 38.8 Å². The Kier molecular flexibility index (Phi) is 4.61. The maximum absolute atomic E-state index is 12.4. The molecule has 0 atom stereocenters. The van der Waals surface area contributed by atoms with Crippen molar-refractivity contribution in [1.82, 2.24) is 4.90 Å². The maximum Gasteiger partial charge on any atom is 0.222 e. The Balaban J connectivity index is 1.46. The number of likely N-dealkylation sites (tertiary alicyclic amines) is 1. The summed E-state index contributed by atoms with van der Waals surface area (Å²) < 4.78 is 11.4. The summed E-state index contributed by atoms with van der Waals surface area (Å²) in [6, 6.07) is 0. The highest BCUT2D eigenvalue weighted by Gasteiger charge is 2.40. The molecule has 2 heterocycles. The van der Waals surface area contributed by atoms with E-state index in [9.17, 15) is 4.79 Å². The average molecular weight is 281 g/mol. The first kappa shape index (κ1) is 14.3. The minimum atomic E-state index is -0.362. The number of amides is 1. The Morgan fingerprint density at radius 1 is 1.00 bits per heavy atom. The average Bonchev–Trinajstić information content (AvgIpc) is 2.75. The number of nitrogens with zero attached hydrogens (tertiary/aromatic N) is 1. The molecular formula is C16H27NO3. The molecule has 20 heavy (non-hydrogen) atoms. The predicted molar refractivity (Wildman–Crippen MR) is 76.3 cm³/mol. The molecule has 3 fully saturated rings.